The van der Waals surface area contributed by atoms with Gasteiger partial charge in [-0.25, -0.2) is 0 Å². The van der Waals surface area contributed by atoms with Crippen LogP contribution in [-0.2, 0) is 6.54 Å². The maximum Gasteiger partial charge on any atom is 0.261 e. The van der Waals surface area contributed by atoms with Crippen LogP contribution in [0.15, 0.2) is 60.9 Å². The third kappa shape index (κ3) is 2.50. The maximum atomic E-state index is 12.3. The van der Waals surface area contributed by atoms with E-state index < -0.39 is 0 Å². The SMILES string of the molecule is O=C1c2ccccc2C(=O)N1CCCCn1cc2ccccc2c1. The van der Waals surface area contributed by atoms with Crippen LogP contribution in [0.2, 0.25) is 0 Å². The summed E-state index contributed by atoms with van der Waals surface area (Å²) in [6.07, 6.45) is 6.00. The lowest BCUT2D eigenvalue weighted by Crippen LogP contribution is -2.30. The lowest BCUT2D eigenvalue weighted by atomic mass is 10.1. The largest absolute Gasteiger partial charge is 0.353 e. The molecule has 0 fully saturated rings. The van der Waals surface area contributed by atoms with Gasteiger partial charge in [0.2, 0.25) is 0 Å². The van der Waals surface area contributed by atoms with Crippen molar-refractivity contribution in [1.29, 1.82) is 0 Å². The van der Waals surface area contributed by atoms with Gasteiger partial charge in [-0.3, -0.25) is 14.5 Å². The first-order valence-corrected chi connectivity index (χ1v) is 8.24. The number of hydrogen-bond acceptors (Lipinski definition) is 2. The van der Waals surface area contributed by atoms with Gasteiger partial charge in [-0.15, -0.1) is 0 Å². The van der Waals surface area contributed by atoms with Crippen LogP contribution >= 0.6 is 0 Å². The van der Waals surface area contributed by atoms with E-state index in [1.54, 1.807) is 24.3 Å². The third-order valence-corrected chi connectivity index (χ3v) is 4.53. The lowest BCUT2D eigenvalue weighted by molar-refractivity contribution is 0.0651. The van der Waals surface area contributed by atoms with Crippen LogP contribution in [0, 0.1) is 0 Å². The molecule has 2 aromatic carbocycles. The Labute approximate surface area is 140 Å². The molecule has 0 spiro atoms. The van der Waals surface area contributed by atoms with E-state index >= 15 is 0 Å². The van der Waals surface area contributed by atoms with Crippen LogP contribution in [0.5, 0.6) is 0 Å². The molecule has 1 aromatic heterocycles. The van der Waals surface area contributed by atoms with Gasteiger partial charge in [-0.2, -0.15) is 0 Å². The highest BCUT2D eigenvalue weighted by atomic mass is 16.2. The summed E-state index contributed by atoms with van der Waals surface area (Å²) in [5.74, 6) is -0.329. The number of unbranched alkanes of at least 4 members (excludes halogenated alkanes) is 1. The molecule has 2 amide bonds. The molecule has 0 unspecified atom stereocenters. The fourth-order valence-electron chi connectivity index (χ4n) is 3.28. The van der Waals surface area contributed by atoms with Crippen molar-refractivity contribution in [3.63, 3.8) is 0 Å². The summed E-state index contributed by atoms with van der Waals surface area (Å²) in [6.45, 7) is 1.37. The van der Waals surface area contributed by atoms with Gasteiger partial charge in [0.15, 0.2) is 0 Å². The molecular weight excluding hydrogens is 300 g/mol. The van der Waals surface area contributed by atoms with E-state index in [1.807, 2.05) is 12.1 Å². The van der Waals surface area contributed by atoms with Crippen molar-refractivity contribution in [2.75, 3.05) is 6.54 Å². The zero-order chi connectivity index (χ0) is 16.5. The molecule has 120 valence electrons. The number of aryl methyl sites for hydroxylation is 1. The molecule has 0 N–H and O–H groups in total. The highest BCUT2D eigenvalue weighted by Gasteiger charge is 2.34. The number of carbonyl (C=O) groups excluding carboxylic acids is 2. The second-order valence-electron chi connectivity index (χ2n) is 6.14. The topological polar surface area (TPSA) is 42.3 Å². The molecule has 0 saturated carbocycles. The Morgan fingerprint density at radius 2 is 1.17 bits per heavy atom. The molecule has 0 saturated heterocycles. The summed E-state index contributed by atoms with van der Waals surface area (Å²) < 4.78 is 2.17. The smallest absolute Gasteiger partial charge is 0.261 e. The number of rotatable bonds is 5. The monoisotopic (exact) mass is 318 g/mol. The fourth-order valence-corrected chi connectivity index (χ4v) is 3.28. The highest BCUT2D eigenvalue weighted by Crippen LogP contribution is 2.22. The zero-order valence-corrected chi connectivity index (χ0v) is 13.3. The van der Waals surface area contributed by atoms with Gasteiger partial charge in [0.1, 0.15) is 0 Å². The van der Waals surface area contributed by atoms with E-state index in [0.29, 0.717) is 17.7 Å². The van der Waals surface area contributed by atoms with Crippen molar-refractivity contribution in [2.24, 2.45) is 0 Å². The van der Waals surface area contributed by atoms with Gasteiger partial charge >= 0.3 is 0 Å². The second-order valence-corrected chi connectivity index (χ2v) is 6.14. The van der Waals surface area contributed by atoms with Gasteiger partial charge in [0.05, 0.1) is 11.1 Å². The van der Waals surface area contributed by atoms with Crippen molar-refractivity contribution in [3.05, 3.63) is 72.1 Å². The summed E-state index contributed by atoms with van der Waals surface area (Å²) >= 11 is 0. The van der Waals surface area contributed by atoms with E-state index in [4.69, 9.17) is 0 Å². The molecule has 4 nitrogen and oxygen atoms in total. The van der Waals surface area contributed by atoms with E-state index in [0.717, 1.165) is 19.4 Å². The van der Waals surface area contributed by atoms with E-state index in [9.17, 15) is 9.59 Å². The van der Waals surface area contributed by atoms with Crippen molar-refractivity contribution >= 4 is 22.6 Å². The average molecular weight is 318 g/mol. The van der Waals surface area contributed by atoms with Gasteiger partial charge in [-0.1, -0.05) is 36.4 Å². The summed E-state index contributed by atoms with van der Waals surface area (Å²) in [5.41, 5.74) is 1.05. The molecule has 3 aromatic rings. The van der Waals surface area contributed by atoms with Gasteiger partial charge in [0, 0.05) is 25.5 Å². The first-order valence-electron chi connectivity index (χ1n) is 8.24. The van der Waals surface area contributed by atoms with Crippen LogP contribution in [0.25, 0.3) is 10.8 Å². The standard InChI is InChI=1S/C20H18N2O2/c23-19-17-9-3-4-10-18(17)20(24)22(19)12-6-5-11-21-13-15-7-1-2-8-16(15)14-21/h1-4,7-10,13-14H,5-6,11-12H2. The molecule has 1 aliphatic heterocycles. The van der Waals surface area contributed by atoms with Crippen molar-refractivity contribution in [2.45, 2.75) is 19.4 Å². The lowest BCUT2D eigenvalue weighted by Gasteiger charge is -2.13. The minimum atomic E-state index is -0.165. The van der Waals surface area contributed by atoms with Crippen LogP contribution in [0.4, 0.5) is 0 Å². The summed E-state index contributed by atoms with van der Waals surface area (Å²) in [4.78, 5) is 25.9. The maximum absolute atomic E-state index is 12.3. The second kappa shape index (κ2) is 5.96. The Hall–Kier alpha value is -2.88. The molecule has 2 heterocycles. The number of amides is 2. The van der Waals surface area contributed by atoms with Crippen LogP contribution in [0.1, 0.15) is 33.6 Å². The number of imide groups is 1. The fraction of sp³-hybridized carbons (Fsp3) is 0.200. The molecule has 4 heteroatoms. The molecule has 0 bridgehead atoms. The van der Waals surface area contributed by atoms with Gasteiger partial charge in [-0.05, 0) is 35.7 Å². The number of nitrogens with zero attached hydrogens (tertiary/aromatic N) is 2. The Balaban J connectivity index is 1.35. The summed E-state index contributed by atoms with van der Waals surface area (Å²) in [7, 11) is 0. The number of aromatic nitrogens is 1. The number of fused-ring (bicyclic) bond motifs is 2. The van der Waals surface area contributed by atoms with Crippen molar-refractivity contribution in [3.8, 4) is 0 Å². The zero-order valence-electron chi connectivity index (χ0n) is 13.3. The molecule has 24 heavy (non-hydrogen) atoms. The quantitative estimate of drug-likeness (QED) is 0.531. The molecule has 1 aliphatic rings. The van der Waals surface area contributed by atoms with Gasteiger partial charge < -0.3 is 4.57 Å². The molecule has 0 radical (unpaired) electrons. The van der Waals surface area contributed by atoms with Crippen LogP contribution in [0.3, 0.4) is 0 Å². The Morgan fingerprint density at radius 3 is 1.75 bits per heavy atom. The normalized spacial score (nSPS) is 13.8. The van der Waals surface area contributed by atoms with Crippen LogP contribution < -0.4 is 0 Å². The Morgan fingerprint density at radius 1 is 0.667 bits per heavy atom. The van der Waals surface area contributed by atoms with Crippen LogP contribution in [-0.4, -0.2) is 27.8 Å². The summed E-state index contributed by atoms with van der Waals surface area (Å²) in [5, 5.41) is 2.47. The minimum Gasteiger partial charge on any atom is -0.353 e. The first kappa shape index (κ1) is 14.7. The molecule has 4 rings (SSSR count). The first-order chi connectivity index (χ1) is 11.7. The average Bonchev–Trinajstić information content (AvgIpc) is 3.13. The van der Waals surface area contributed by atoms with E-state index in [2.05, 4.69) is 29.1 Å². The number of carbonyl (C=O) groups is 2. The molecule has 0 atom stereocenters. The van der Waals surface area contributed by atoms with Crippen molar-refractivity contribution < 1.29 is 9.59 Å². The number of hydrogen-bond donors (Lipinski definition) is 0. The predicted octanol–water partition coefficient (Wildman–Crippen LogP) is 3.72. The van der Waals surface area contributed by atoms with Gasteiger partial charge in [0.25, 0.3) is 11.8 Å². The minimum absolute atomic E-state index is 0.165. The summed E-state index contributed by atoms with van der Waals surface area (Å²) in [6, 6.07) is 15.3. The Bertz CT molecular complexity index is 858. The molecular formula is C20H18N2O2. The van der Waals surface area contributed by atoms with Crippen molar-refractivity contribution in [1.82, 2.24) is 9.47 Å². The molecule has 0 aliphatic carbocycles. The highest BCUT2D eigenvalue weighted by molar-refractivity contribution is 6.21. The van der Waals surface area contributed by atoms with E-state index in [-0.39, 0.29) is 11.8 Å². The third-order valence-electron chi connectivity index (χ3n) is 4.53. The Kier molecular flexibility index (Phi) is 3.65. The number of benzene rings is 2. The predicted molar refractivity (Wildman–Crippen MR) is 93.0 cm³/mol. The van der Waals surface area contributed by atoms with E-state index in [1.165, 1.54) is 15.7 Å².